The van der Waals surface area contributed by atoms with Crippen molar-refractivity contribution in [2.75, 3.05) is 13.2 Å². The fraction of sp³-hybridized carbons (Fsp3) is 0.200. The Balaban J connectivity index is 1.35. The Morgan fingerprint density at radius 2 is 1.35 bits per heavy atom. The van der Waals surface area contributed by atoms with Gasteiger partial charge in [-0.15, -0.1) is 0 Å². The molecule has 3 aromatic rings. The van der Waals surface area contributed by atoms with E-state index in [1.165, 1.54) is 0 Å². The van der Waals surface area contributed by atoms with Crippen molar-refractivity contribution in [3.05, 3.63) is 96.1 Å². The van der Waals surface area contributed by atoms with Crippen LogP contribution < -0.4 is 14.8 Å². The maximum atomic E-state index is 12.0. The van der Waals surface area contributed by atoms with E-state index in [-0.39, 0.29) is 25.2 Å². The van der Waals surface area contributed by atoms with E-state index in [0.717, 1.165) is 11.1 Å². The molecular weight excluding hydrogens is 394 g/mol. The molecule has 0 aromatic heterocycles. The van der Waals surface area contributed by atoms with Gasteiger partial charge in [-0.1, -0.05) is 60.7 Å². The van der Waals surface area contributed by atoms with Crippen LogP contribution in [0.2, 0.25) is 0 Å². The molecule has 1 atom stereocenters. The van der Waals surface area contributed by atoms with Gasteiger partial charge in [-0.3, -0.25) is 4.79 Å². The van der Waals surface area contributed by atoms with Gasteiger partial charge in [0.2, 0.25) is 0 Å². The summed E-state index contributed by atoms with van der Waals surface area (Å²) < 4.78 is 16.1. The number of nitrogens with one attached hydrogen (secondary N) is 1. The molecule has 0 heterocycles. The summed E-state index contributed by atoms with van der Waals surface area (Å²) in [6.45, 7) is 1.70. The number of hydrogen-bond donors (Lipinski definition) is 1. The fourth-order valence-electron chi connectivity index (χ4n) is 2.81. The lowest BCUT2D eigenvalue weighted by Crippen LogP contribution is -2.31. The van der Waals surface area contributed by atoms with Crippen LogP contribution in [-0.2, 0) is 20.9 Å². The van der Waals surface area contributed by atoms with Gasteiger partial charge in [0.25, 0.3) is 5.91 Å². The molecule has 1 amide bonds. The summed E-state index contributed by atoms with van der Waals surface area (Å²) in [6.07, 6.45) is 0. The SMILES string of the molecule is C[C@@H](NC(=O)COC(=O)COc1ccc(OCc2ccccc2)cc1)c1ccccc1. The molecule has 1 N–H and O–H groups in total. The van der Waals surface area contributed by atoms with Gasteiger partial charge in [-0.2, -0.15) is 0 Å². The van der Waals surface area contributed by atoms with Crippen LogP contribution in [0.4, 0.5) is 0 Å². The van der Waals surface area contributed by atoms with Crippen LogP contribution in [0.15, 0.2) is 84.9 Å². The number of rotatable bonds is 10. The molecule has 6 nitrogen and oxygen atoms in total. The third kappa shape index (κ3) is 7.51. The Morgan fingerprint density at radius 3 is 2.00 bits per heavy atom. The normalized spacial score (nSPS) is 11.3. The highest BCUT2D eigenvalue weighted by Gasteiger charge is 2.12. The van der Waals surface area contributed by atoms with E-state index in [1.54, 1.807) is 24.3 Å². The second-order valence-electron chi connectivity index (χ2n) is 6.89. The monoisotopic (exact) mass is 419 g/mol. The largest absolute Gasteiger partial charge is 0.489 e. The Kier molecular flexibility index (Phi) is 8.05. The van der Waals surface area contributed by atoms with Gasteiger partial charge >= 0.3 is 5.97 Å². The Bertz CT molecular complexity index is 958. The molecule has 0 spiro atoms. The van der Waals surface area contributed by atoms with Crippen molar-refractivity contribution in [2.24, 2.45) is 0 Å². The first kappa shape index (κ1) is 21.9. The molecule has 0 aliphatic rings. The van der Waals surface area contributed by atoms with Gasteiger partial charge < -0.3 is 19.5 Å². The van der Waals surface area contributed by atoms with Gasteiger partial charge in [-0.05, 0) is 42.3 Å². The first-order chi connectivity index (χ1) is 15.1. The first-order valence-electron chi connectivity index (χ1n) is 9.99. The van der Waals surface area contributed by atoms with E-state index >= 15 is 0 Å². The number of ether oxygens (including phenoxy) is 3. The molecule has 0 radical (unpaired) electrons. The number of hydrogen-bond acceptors (Lipinski definition) is 5. The topological polar surface area (TPSA) is 73.9 Å². The minimum atomic E-state index is -0.619. The van der Waals surface area contributed by atoms with Gasteiger partial charge in [-0.25, -0.2) is 4.79 Å². The van der Waals surface area contributed by atoms with Crippen molar-refractivity contribution in [3.63, 3.8) is 0 Å². The zero-order valence-corrected chi connectivity index (χ0v) is 17.3. The summed E-state index contributed by atoms with van der Waals surface area (Å²) >= 11 is 0. The zero-order valence-electron chi connectivity index (χ0n) is 17.3. The highest BCUT2D eigenvalue weighted by Crippen LogP contribution is 2.18. The summed E-state index contributed by atoms with van der Waals surface area (Å²) in [6, 6.07) is 26.2. The average Bonchev–Trinajstić information content (AvgIpc) is 2.82. The zero-order chi connectivity index (χ0) is 21.9. The Labute approximate surface area is 181 Å². The second-order valence-corrected chi connectivity index (χ2v) is 6.89. The van der Waals surface area contributed by atoms with Crippen LogP contribution >= 0.6 is 0 Å². The molecule has 0 aliphatic carbocycles. The lowest BCUT2D eigenvalue weighted by atomic mass is 10.1. The third-order valence-corrected chi connectivity index (χ3v) is 4.47. The van der Waals surface area contributed by atoms with Crippen LogP contribution in [0, 0.1) is 0 Å². The van der Waals surface area contributed by atoms with Gasteiger partial charge in [0.05, 0.1) is 6.04 Å². The van der Waals surface area contributed by atoms with E-state index in [2.05, 4.69) is 5.32 Å². The van der Waals surface area contributed by atoms with Crippen molar-refractivity contribution in [3.8, 4) is 11.5 Å². The molecule has 0 fully saturated rings. The van der Waals surface area contributed by atoms with Crippen molar-refractivity contribution in [1.29, 1.82) is 0 Å². The molecular formula is C25H25NO5. The average molecular weight is 419 g/mol. The number of esters is 1. The molecule has 0 saturated heterocycles. The van der Waals surface area contributed by atoms with E-state index in [0.29, 0.717) is 18.1 Å². The molecule has 0 bridgehead atoms. The smallest absolute Gasteiger partial charge is 0.344 e. The maximum Gasteiger partial charge on any atom is 0.344 e. The van der Waals surface area contributed by atoms with Gasteiger partial charge in [0.15, 0.2) is 13.2 Å². The number of amides is 1. The van der Waals surface area contributed by atoms with E-state index in [9.17, 15) is 9.59 Å². The quantitative estimate of drug-likeness (QED) is 0.502. The summed E-state index contributed by atoms with van der Waals surface area (Å²) in [5.41, 5.74) is 2.05. The Morgan fingerprint density at radius 1 is 0.774 bits per heavy atom. The second kappa shape index (κ2) is 11.4. The highest BCUT2D eigenvalue weighted by molar-refractivity contribution is 5.81. The lowest BCUT2D eigenvalue weighted by molar-refractivity contribution is -0.150. The van der Waals surface area contributed by atoms with Crippen molar-refractivity contribution in [1.82, 2.24) is 5.32 Å². The molecule has 0 aliphatic heterocycles. The first-order valence-corrected chi connectivity index (χ1v) is 9.99. The predicted octanol–water partition coefficient (Wildman–Crippen LogP) is 4.07. The minimum absolute atomic E-state index is 0.175. The lowest BCUT2D eigenvalue weighted by Gasteiger charge is -2.14. The molecule has 3 rings (SSSR count). The van der Waals surface area contributed by atoms with Crippen LogP contribution in [0.5, 0.6) is 11.5 Å². The number of carbonyl (C=O) groups excluding carboxylic acids is 2. The maximum absolute atomic E-state index is 12.0. The summed E-state index contributed by atoms with van der Waals surface area (Å²) in [7, 11) is 0. The van der Waals surface area contributed by atoms with E-state index in [1.807, 2.05) is 67.6 Å². The fourth-order valence-corrected chi connectivity index (χ4v) is 2.81. The van der Waals surface area contributed by atoms with Crippen molar-refractivity contribution in [2.45, 2.75) is 19.6 Å². The summed E-state index contributed by atoms with van der Waals surface area (Å²) in [5.74, 6) is 0.214. The van der Waals surface area contributed by atoms with Gasteiger partial charge in [0, 0.05) is 0 Å². The molecule has 160 valence electrons. The molecule has 31 heavy (non-hydrogen) atoms. The van der Waals surface area contributed by atoms with Crippen LogP contribution in [-0.4, -0.2) is 25.1 Å². The number of carbonyl (C=O) groups is 2. The van der Waals surface area contributed by atoms with E-state index in [4.69, 9.17) is 14.2 Å². The van der Waals surface area contributed by atoms with Crippen molar-refractivity contribution >= 4 is 11.9 Å². The Hall–Kier alpha value is -3.80. The minimum Gasteiger partial charge on any atom is -0.489 e. The van der Waals surface area contributed by atoms with Crippen molar-refractivity contribution < 1.29 is 23.8 Å². The summed E-state index contributed by atoms with van der Waals surface area (Å²) in [4.78, 5) is 23.8. The van der Waals surface area contributed by atoms with Gasteiger partial charge in [0.1, 0.15) is 18.1 Å². The third-order valence-electron chi connectivity index (χ3n) is 4.47. The van der Waals surface area contributed by atoms with Crippen LogP contribution in [0.25, 0.3) is 0 Å². The predicted molar refractivity (Wildman–Crippen MR) is 117 cm³/mol. The molecule has 6 heteroatoms. The molecule has 0 unspecified atom stereocenters. The molecule has 3 aromatic carbocycles. The summed E-state index contributed by atoms with van der Waals surface area (Å²) in [5, 5.41) is 2.78. The highest BCUT2D eigenvalue weighted by atomic mass is 16.6. The number of benzene rings is 3. The molecule has 0 saturated carbocycles. The van der Waals surface area contributed by atoms with Crippen LogP contribution in [0.1, 0.15) is 24.1 Å². The standard InChI is InChI=1S/C25H25NO5/c1-19(21-10-6-3-7-11-21)26-24(27)17-31-25(28)18-30-23-14-12-22(13-15-23)29-16-20-8-4-2-5-9-20/h2-15,19H,16-18H2,1H3,(H,26,27)/t19-/m1/s1. The van der Waals surface area contributed by atoms with E-state index < -0.39 is 5.97 Å². The van der Waals surface area contributed by atoms with Crippen LogP contribution in [0.3, 0.4) is 0 Å².